The summed E-state index contributed by atoms with van der Waals surface area (Å²) < 4.78 is 49.2. The lowest BCUT2D eigenvalue weighted by Gasteiger charge is -2.22. The minimum atomic E-state index is -1.02. The van der Waals surface area contributed by atoms with Crippen LogP contribution in [-0.2, 0) is 38.6 Å². The summed E-state index contributed by atoms with van der Waals surface area (Å²) in [6.45, 7) is 3.22. The summed E-state index contributed by atoms with van der Waals surface area (Å²) >= 11 is 0. The Kier molecular flexibility index (Phi) is 13.0. The lowest BCUT2D eigenvalue weighted by Crippen LogP contribution is -2.36. The molecule has 1 N–H and O–H groups in total. The lowest BCUT2D eigenvalue weighted by atomic mass is 10.1. The maximum Gasteiger partial charge on any atom is 0.410 e. The van der Waals surface area contributed by atoms with Gasteiger partial charge in [-0.1, -0.05) is 42.5 Å². The zero-order valence-electron chi connectivity index (χ0n) is 23.0. The number of rotatable bonds is 17. The number of hydrogen-bond acceptors (Lipinski definition) is 6. The van der Waals surface area contributed by atoms with Crippen molar-refractivity contribution in [3.05, 3.63) is 101 Å². The molecule has 0 radical (unpaired) electrons. The van der Waals surface area contributed by atoms with Gasteiger partial charge in [-0.3, -0.25) is 0 Å². The van der Waals surface area contributed by atoms with Gasteiger partial charge in [0, 0.05) is 37.8 Å². The Bertz CT molecular complexity index is 1220. The number of halogens is 2. The average Bonchev–Trinajstić information content (AvgIpc) is 2.96. The second-order valence-corrected chi connectivity index (χ2v) is 9.15. The average molecular weight is 572 g/mol. The molecule has 8 nitrogen and oxygen atoms in total. The number of aliphatic carboxylic acids is 1. The molecule has 0 aliphatic heterocycles. The third kappa shape index (κ3) is 11.2. The monoisotopic (exact) mass is 571 g/mol. The van der Waals surface area contributed by atoms with Crippen LogP contribution in [0, 0.1) is 11.6 Å². The van der Waals surface area contributed by atoms with Crippen LogP contribution in [0.25, 0.3) is 0 Å². The van der Waals surface area contributed by atoms with Gasteiger partial charge in [0.25, 0.3) is 0 Å². The largest absolute Gasteiger partial charge is 0.492 e. The number of carboxylic acid groups (broad SMARTS) is 1. The first-order chi connectivity index (χ1) is 19.9. The number of benzene rings is 3. The van der Waals surface area contributed by atoms with Crippen LogP contribution in [0.5, 0.6) is 5.75 Å². The molecule has 0 saturated heterocycles. The molecule has 1 atom stereocenters. The van der Waals surface area contributed by atoms with Gasteiger partial charge in [-0.2, -0.15) is 0 Å². The molecule has 3 rings (SSSR count). The van der Waals surface area contributed by atoms with Gasteiger partial charge in [0.15, 0.2) is 6.10 Å². The molecule has 10 heteroatoms. The van der Waals surface area contributed by atoms with Crippen molar-refractivity contribution in [2.24, 2.45) is 0 Å². The number of hydrogen-bond donors (Lipinski definition) is 1. The normalized spacial score (nSPS) is 11.6. The van der Waals surface area contributed by atoms with E-state index in [1.54, 1.807) is 31.2 Å². The molecule has 3 aromatic carbocycles. The minimum absolute atomic E-state index is 0.0664. The van der Waals surface area contributed by atoms with Crippen LogP contribution in [0.2, 0.25) is 0 Å². The molecule has 0 spiro atoms. The number of ether oxygens (including phenoxy) is 4. The first-order valence-electron chi connectivity index (χ1n) is 13.4. The van der Waals surface area contributed by atoms with E-state index in [1.807, 2.05) is 30.3 Å². The summed E-state index contributed by atoms with van der Waals surface area (Å²) in [5, 5.41) is 9.27. The fourth-order valence-corrected chi connectivity index (χ4v) is 3.91. The molecule has 1 unspecified atom stereocenters. The summed E-state index contributed by atoms with van der Waals surface area (Å²) in [5.41, 5.74) is 1.89. The topological polar surface area (TPSA) is 94.5 Å². The summed E-state index contributed by atoms with van der Waals surface area (Å²) in [6, 6.07) is 19.8. The summed E-state index contributed by atoms with van der Waals surface area (Å²) in [6.07, 6.45) is -0.825. The molecule has 3 aromatic rings. The second-order valence-electron chi connectivity index (χ2n) is 9.15. The van der Waals surface area contributed by atoms with E-state index in [1.165, 1.54) is 11.0 Å². The number of carboxylic acids is 1. The van der Waals surface area contributed by atoms with Gasteiger partial charge < -0.3 is 29.0 Å². The molecular weight excluding hydrogens is 536 g/mol. The number of nitrogens with zero attached hydrogens (tertiary/aromatic N) is 1. The van der Waals surface area contributed by atoms with Gasteiger partial charge >= 0.3 is 12.1 Å². The number of carbonyl (C=O) groups excluding carboxylic acids is 1. The predicted octanol–water partition coefficient (Wildman–Crippen LogP) is 5.62. The molecule has 220 valence electrons. The van der Waals surface area contributed by atoms with Crippen LogP contribution in [0.4, 0.5) is 13.6 Å². The van der Waals surface area contributed by atoms with E-state index < -0.39 is 29.8 Å². The van der Waals surface area contributed by atoms with Crippen molar-refractivity contribution in [3.8, 4) is 5.75 Å². The van der Waals surface area contributed by atoms with Crippen LogP contribution in [0.15, 0.2) is 72.8 Å². The van der Waals surface area contributed by atoms with Gasteiger partial charge in [-0.15, -0.1) is 0 Å². The van der Waals surface area contributed by atoms with Crippen LogP contribution in [0.3, 0.4) is 0 Å². The van der Waals surface area contributed by atoms with E-state index in [9.17, 15) is 23.5 Å². The van der Waals surface area contributed by atoms with Crippen molar-refractivity contribution in [2.45, 2.75) is 39.1 Å². The Labute approximate surface area is 238 Å². The van der Waals surface area contributed by atoms with E-state index in [0.29, 0.717) is 38.5 Å². The Morgan fingerprint density at radius 3 is 2.34 bits per heavy atom. The van der Waals surface area contributed by atoms with Crippen molar-refractivity contribution in [2.75, 3.05) is 32.9 Å². The van der Waals surface area contributed by atoms with E-state index in [-0.39, 0.29) is 31.7 Å². The maximum absolute atomic E-state index is 14.0. The van der Waals surface area contributed by atoms with Crippen LogP contribution in [0.1, 0.15) is 30.0 Å². The minimum Gasteiger partial charge on any atom is -0.492 e. The SMILES string of the molecule is CCOC(Cc1ccc(OCCN(CCCOCc2ccccc2)C(=O)OCc2ccc(F)cc2F)cc1)C(=O)O. The standard InChI is InChI=1S/C31H35F2NO7/c1-2-39-29(30(35)36)19-23-9-13-27(14-10-23)40-18-16-34(15-6-17-38-21-24-7-4-3-5-8-24)31(37)41-22-25-11-12-26(32)20-28(25)33/h3-5,7-14,20,29H,2,6,15-19,21-22H2,1H3,(H,35,36). The molecule has 0 bridgehead atoms. The molecule has 0 aliphatic carbocycles. The van der Waals surface area contributed by atoms with E-state index in [2.05, 4.69) is 0 Å². The van der Waals surface area contributed by atoms with Crippen molar-refractivity contribution < 1.29 is 42.4 Å². The quantitative estimate of drug-likeness (QED) is 0.210. The van der Waals surface area contributed by atoms with Gasteiger partial charge in [-0.25, -0.2) is 18.4 Å². The molecule has 0 saturated carbocycles. The highest BCUT2D eigenvalue weighted by Gasteiger charge is 2.19. The number of carbonyl (C=O) groups is 2. The Hall–Kier alpha value is -4.02. The first kappa shape index (κ1) is 31.5. The zero-order valence-corrected chi connectivity index (χ0v) is 23.0. The van der Waals surface area contributed by atoms with E-state index in [0.717, 1.165) is 23.3 Å². The third-order valence-corrected chi connectivity index (χ3v) is 6.07. The number of amides is 1. The van der Waals surface area contributed by atoms with Gasteiger partial charge in [0.2, 0.25) is 0 Å². The first-order valence-corrected chi connectivity index (χ1v) is 13.4. The van der Waals surface area contributed by atoms with Crippen LogP contribution in [-0.4, -0.2) is 61.1 Å². The van der Waals surface area contributed by atoms with Crippen molar-refractivity contribution >= 4 is 12.1 Å². The van der Waals surface area contributed by atoms with E-state index >= 15 is 0 Å². The Morgan fingerprint density at radius 2 is 1.66 bits per heavy atom. The summed E-state index contributed by atoms with van der Waals surface area (Å²) in [4.78, 5) is 25.6. The Balaban J connectivity index is 1.51. The van der Waals surface area contributed by atoms with Crippen LogP contribution < -0.4 is 4.74 Å². The van der Waals surface area contributed by atoms with E-state index in [4.69, 9.17) is 18.9 Å². The van der Waals surface area contributed by atoms with Crippen molar-refractivity contribution in [1.29, 1.82) is 0 Å². The molecule has 0 aromatic heterocycles. The molecule has 0 fully saturated rings. The fraction of sp³-hybridized carbons (Fsp3) is 0.355. The predicted molar refractivity (Wildman–Crippen MR) is 148 cm³/mol. The highest BCUT2D eigenvalue weighted by atomic mass is 19.1. The third-order valence-electron chi connectivity index (χ3n) is 6.07. The molecule has 1 amide bonds. The summed E-state index contributed by atoms with van der Waals surface area (Å²) in [7, 11) is 0. The molecule has 41 heavy (non-hydrogen) atoms. The zero-order chi connectivity index (χ0) is 29.5. The van der Waals surface area contributed by atoms with Gasteiger partial charge in [0.05, 0.1) is 13.2 Å². The lowest BCUT2D eigenvalue weighted by molar-refractivity contribution is -0.149. The molecule has 0 heterocycles. The smallest absolute Gasteiger partial charge is 0.410 e. The molecule has 0 aliphatic rings. The van der Waals surface area contributed by atoms with Crippen molar-refractivity contribution in [1.82, 2.24) is 4.90 Å². The Morgan fingerprint density at radius 1 is 0.902 bits per heavy atom. The fourth-order valence-electron chi connectivity index (χ4n) is 3.91. The summed E-state index contributed by atoms with van der Waals surface area (Å²) in [5.74, 6) is -1.98. The van der Waals surface area contributed by atoms with Gasteiger partial charge in [-0.05, 0) is 48.7 Å². The highest BCUT2D eigenvalue weighted by Crippen LogP contribution is 2.16. The van der Waals surface area contributed by atoms with Gasteiger partial charge in [0.1, 0.15) is 30.6 Å². The highest BCUT2D eigenvalue weighted by molar-refractivity contribution is 5.72. The molecular formula is C31H35F2NO7. The second kappa shape index (κ2) is 16.9. The van der Waals surface area contributed by atoms with Crippen LogP contribution >= 0.6 is 0 Å². The maximum atomic E-state index is 14.0. The van der Waals surface area contributed by atoms with Crippen molar-refractivity contribution in [3.63, 3.8) is 0 Å².